The maximum atomic E-state index is 9.19. The van der Waals surface area contributed by atoms with Gasteiger partial charge < -0.3 is 20.1 Å². The number of methoxy groups -OCH3 is 1. The molecule has 1 saturated heterocycles. The van der Waals surface area contributed by atoms with E-state index in [1.165, 1.54) is 11.3 Å². The summed E-state index contributed by atoms with van der Waals surface area (Å²) in [5, 5.41) is 12.6. The van der Waals surface area contributed by atoms with Gasteiger partial charge in [-0.2, -0.15) is 0 Å². The van der Waals surface area contributed by atoms with Crippen molar-refractivity contribution in [2.24, 2.45) is 5.92 Å². The van der Waals surface area contributed by atoms with E-state index in [1.54, 1.807) is 7.11 Å². The lowest BCUT2D eigenvalue weighted by molar-refractivity contribution is 0.171. The van der Waals surface area contributed by atoms with Crippen molar-refractivity contribution in [1.29, 1.82) is 0 Å². The van der Waals surface area contributed by atoms with Gasteiger partial charge in [-0.25, -0.2) is 0 Å². The first-order chi connectivity index (χ1) is 10.2. The average molecular weight is 292 g/mol. The number of hydrogen-bond donors (Lipinski definition) is 2. The minimum atomic E-state index is 0.331. The van der Waals surface area contributed by atoms with Gasteiger partial charge in [0.15, 0.2) is 0 Å². The smallest absolute Gasteiger partial charge is 0.0613 e. The molecule has 1 heterocycles. The zero-order chi connectivity index (χ0) is 15.1. The molecule has 0 saturated carbocycles. The van der Waals surface area contributed by atoms with E-state index in [9.17, 15) is 5.11 Å². The Morgan fingerprint density at radius 1 is 1.29 bits per heavy atom. The summed E-state index contributed by atoms with van der Waals surface area (Å²) in [5.74, 6) is 0.493. The Balaban J connectivity index is 1.82. The Labute approximate surface area is 128 Å². The number of aliphatic hydroxyl groups excluding tert-OH is 1. The molecule has 0 bridgehead atoms. The highest BCUT2D eigenvalue weighted by Crippen LogP contribution is 2.23. The van der Waals surface area contributed by atoms with Crippen molar-refractivity contribution in [3.05, 3.63) is 29.8 Å². The molecule has 1 unspecified atom stereocenters. The molecule has 1 fully saturated rings. The van der Waals surface area contributed by atoms with E-state index in [0.29, 0.717) is 18.6 Å². The average Bonchev–Trinajstić information content (AvgIpc) is 2.54. The van der Waals surface area contributed by atoms with Gasteiger partial charge in [0.05, 0.1) is 6.61 Å². The van der Waals surface area contributed by atoms with Crippen LogP contribution in [0.1, 0.15) is 25.3 Å². The summed E-state index contributed by atoms with van der Waals surface area (Å²) in [4.78, 5) is 2.41. The molecule has 0 spiro atoms. The van der Waals surface area contributed by atoms with Crippen LogP contribution in [0.5, 0.6) is 0 Å². The van der Waals surface area contributed by atoms with Crippen LogP contribution in [0.25, 0.3) is 0 Å². The number of nitrogens with zero attached hydrogens (tertiary/aromatic N) is 1. The van der Waals surface area contributed by atoms with Crippen molar-refractivity contribution >= 4 is 5.69 Å². The summed E-state index contributed by atoms with van der Waals surface area (Å²) in [6.45, 7) is 6.16. The number of aliphatic hydroxyl groups is 1. The molecule has 21 heavy (non-hydrogen) atoms. The fourth-order valence-corrected chi connectivity index (χ4v) is 2.80. The predicted molar refractivity (Wildman–Crippen MR) is 86.6 cm³/mol. The third-order valence-corrected chi connectivity index (χ3v) is 4.25. The molecule has 2 N–H and O–H groups in total. The summed E-state index contributed by atoms with van der Waals surface area (Å²) in [7, 11) is 1.73. The number of hydrogen-bond acceptors (Lipinski definition) is 4. The first kappa shape index (κ1) is 16.3. The number of ether oxygens (including phenoxy) is 1. The number of anilines is 1. The minimum absolute atomic E-state index is 0.331. The van der Waals surface area contributed by atoms with Crippen molar-refractivity contribution in [3.8, 4) is 0 Å². The van der Waals surface area contributed by atoms with Crippen LogP contribution in [0, 0.1) is 5.92 Å². The number of piperidine rings is 1. The summed E-state index contributed by atoms with van der Waals surface area (Å²) in [5.41, 5.74) is 2.59. The van der Waals surface area contributed by atoms with Gasteiger partial charge >= 0.3 is 0 Å². The number of nitrogens with one attached hydrogen (secondary N) is 1. The number of benzene rings is 1. The minimum Gasteiger partial charge on any atom is -0.396 e. The van der Waals surface area contributed by atoms with Gasteiger partial charge in [-0.1, -0.05) is 12.1 Å². The van der Waals surface area contributed by atoms with Crippen molar-refractivity contribution in [3.63, 3.8) is 0 Å². The highest BCUT2D eigenvalue weighted by Gasteiger charge is 2.18. The standard InChI is InChI=1S/C17H28N2O2/c1-14(13-21-2)18-11-15-3-5-17(6-4-15)19-9-7-16(12-20)8-10-19/h3-6,14,16,18,20H,7-13H2,1-2H3. The Morgan fingerprint density at radius 2 is 1.95 bits per heavy atom. The maximum Gasteiger partial charge on any atom is 0.0613 e. The van der Waals surface area contributed by atoms with Crippen LogP contribution in [0.4, 0.5) is 5.69 Å². The van der Waals surface area contributed by atoms with Crippen molar-refractivity contribution in [1.82, 2.24) is 5.32 Å². The van der Waals surface area contributed by atoms with Crippen LogP contribution in [0.3, 0.4) is 0 Å². The number of rotatable bonds is 7. The quantitative estimate of drug-likeness (QED) is 0.807. The van der Waals surface area contributed by atoms with Gasteiger partial charge in [-0.3, -0.25) is 0 Å². The topological polar surface area (TPSA) is 44.7 Å². The van der Waals surface area contributed by atoms with E-state index in [0.717, 1.165) is 39.1 Å². The van der Waals surface area contributed by atoms with Crippen LogP contribution in [-0.2, 0) is 11.3 Å². The normalized spacial score (nSPS) is 18.0. The second-order valence-corrected chi connectivity index (χ2v) is 6.02. The lowest BCUT2D eigenvalue weighted by Crippen LogP contribution is -2.34. The molecule has 2 rings (SSSR count). The summed E-state index contributed by atoms with van der Waals surface area (Å²) >= 11 is 0. The van der Waals surface area contributed by atoms with Gasteiger partial charge in [-0.05, 0) is 43.4 Å². The predicted octanol–water partition coefficient (Wildman–Crippen LogP) is 2.02. The zero-order valence-corrected chi connectivity index (χ0v) is 13.2. The summed E-state index contributed by atoms with van der Waals surface area (Å²) in [6, 6.07) is 9.17. The van der Waals surface area contributed by atoms with Crippen molar-refractivity contribution in [2.75, 3.05) is 38.3 Å². The highest BCUT2D eigenvalue weighted by atomic mass is 16.5. The van der Waals surface area contributed by atoms with E-state index in [4.69, 9.17) is 4.74 Å². The lowest BCUT2D eigenvalue weighted by Gasteiger charge is -2.33. The van der Waals surface area contributed by atoms with Crippen LogP contribution in [0.2, 0.25) is 0 Å². The Hall–Kier alpha value is -1.10. The Bertz CT molecular complexity index is 400. The Morgan fingerprint density at radius 3 is 2.52 bits per heavy atom. The summed E-state index contributed by atoms with van der Waals surface area (Å²) in [6.07, 6.45) is 2.18. The first-order valence-corrected chi connectivity index (χ1v) is 7.90. The molecule has 4 nitrogen and oxygen atoms in total. The third-order valence-electron chi connectivity index (χ3n) is 4.25. The second-order valence-electron chi connectivity index (χ2n) is 6.02. The molecular formula is C17H28N2O2. The van der Waals surface area contributed by atoms with Gasteiger partial charge in [0, 0.05) is 45.1 Å². The lowest BCUT2D eigenvalue weighted by atomic mass is 9.97. The first-order valence-electron chi connectivity index (χ1n) is 7.90. The van der Waals surface area contributed by atoms with Gasteiger partial charge in [0.25, 0.3) is 0 Å². The van der Waals surface area contributed by atoms with E-state index in [1.807, 2.05) is 0 Å². The summed E-state index contributed by atoms with van der Waals surface area (Å²) < 4.78 is 5.12. The molecule has 0 radical (unpaired) electrons. The van der Waals surface area contributed by atoms with E-state index in [-0.39, 0.29) is 0 Å². The third kappa shape index (κ3) is 4.99. The highest BCUT2D eigenvalue weighted by molar-refractivity contribution is 5.48. The second kappa shape index (κ2) is 8.37. The monoisotopic (exact) mass is 292 g/mol. The molecule has 1 aromatic carbocycles. The van der Waals surface area contributed by atoms with E-state index >= 15 is 0 Å². The zero-order valence-electron chi connectivity index (χ0n) is 13.2. The van der Waals surface area contributed by atoms with Gasteiger partial charge in [0.2, 0.25) is 0 Å². The van der Waals surface area contributed by atoms with Crippen LogP contribution >= 0.6 is 0 Å². The molecule has 1 aromatic rings. The molecule has 0 amide bonds. The van der Waals surface area contributed by atoms with E-state index < -0.39 is 0 Å². The Kier molecular flexibility index (Phi) is 6.49. The fourth-order valence-electron chi connectivity index (χ4n) is 2.80. The fraction of sp³-hybridized carbons (Fsp3) is 0.647. The molecule has 1 aliphatic rings. The van der Waals surface area contributed by atoms with E-state index in [2.05, 4.69) is 41.4 Å². The van der Waals surface area contributed by atoms with Crippen LogP contribution in [0.15, 0.2) is 24.3 Å². The maximum absolute atomic E-state index is 9.19. The molecule has 4 heteroatoms. The molecule has 1 aliphatic heterocycles. The van der Waals surface area contributed by atoms with Crippen molar-refractivity contribution in [2.45, 2.75) is 32.4 Å². The molecule has 118 valence electrons. The van der Waals surface area contributed by atoms with Crippen LogP contribution < -0.4 is 10.2 Å². The molecule has 1 atom stereocenters. The molecular weight excluding hydrogens is 264 g/mol. The largest absolute Gasteiger partial charge is 0.396 e. The SMILES string of the molecule is COCC(C)NCc1ccc(N2CCC(CO)CC2)cc1. The van der Waals surface area contributed by atoms with Gasteiger partial charge in [0.1, 0.15) is 0 Å². The molecule has 0 aliphatic carbocycles. The van der Waals surface area contributed by atoms with Crippen LogP contribution in [-0.4, -0.2) is 44.6 Å². The van der Waals surface area contributed by atoms with Crippen molar-refractivity contribution < 1.29 is 9.84 Å². The van der Waals surface area contributed by atoms with Gasteiger partial charge in [-0.15, -0.1) is 0 Å². The molecule has 0 aromatic heterocycles.